The molecule has 1 unspecified atom stereocenters. The van der Waals surface area contributed by atoms with Gasteiger partial charge < -0.3 is 9.80 Å². The first kappa shape index (κ1) is 27.2. The van der Waals surface area contributed by atoms with Gasteiger partial charge in [-0.2, -0.15) is 13.2 Å². The topological polar surface area (TPSA) is 66.9 Å². The van der Waals surface area contributed by atoms with E-state index in [2.05, 4.69) is 0 Å². The Morgan fingerprint density at radius 3 is 2.21 bits per heavy atom. The summed E-state index contributed by atoms with van der Waals surface area (Å²) in [4.78, 5) is 47.4. The normalized spacial score (nSPS) is 17.4. The first-order valence-corrected chi connectivity index (χ1v) is 11.9. The molecule has 0 aromatic heterocycles. The van der Waals surface area contributed by atoms with Crippen molar-refractivity contribution in [2.75, 3.05) is 25.5 Å². The molecule has 0 radical (unpaired) electrons. The molecular weight excluding hydrogens is 523 g/mol. The Hall–Kier alpha value is -3.89. The molecule has 3 aromatic carbocycles. The second-order valence-corrected chi connectivity index (χ2v) is 9.46. The molecule has 0 N–H and O–H groups in total. The van der Waals surface area contributed by atoms with Gasteiger partial charge in [0.1, 0.15) is 6.54 Å². The number of nitrogens with zero attached hydrogens (tertiary/aromatic N) is 3. The third kappa shape index (κ3) is 5.51. The number of carbonyl (C=O) groups is 3. The number of amides is 2. The molecule has 2 amide bonds. The average Bonchev–Trinajstić information content (AvgIpc) is 2.98. The van der Waals surface area contributed by atoms with Gasteiger partial charge in [0.2, 0.25) is 0 Å². The number of alkyl halides is 3. The Bertz CT molecular complexity index is 1360. The molecule has 7 nitrogen and oxygen atoms in total. The van der Waals surface area contributed by atoms with Crippen LogP contribution in [0.3, 0.4) is 0 Å². The molecule has 198 valence electrons. The maximum atomic E-state index is 13.8. The highest BCUT2D eigenvalue weighted by Gasteiger charge is 2.55. The molecule has 0 fully saturated rings. The minimum atomic E-state index is -5.35. The fourth-order valence-electron chi connectivity index (χ4n) is 4.24. The van der Waals surface area contributed by atoms with Crippen molar-refractivity contribution in [3.8, 4) is 0 Å². The molecular formula is C27H24ClF3N3O4+. The van der Waals surface area contributed by atoms with Gasteiger partial charge in [-0.3, -0.25) is 9.63 Å². The summed E-state index contributed by atoms with van der Waals surface area (Å²) in [6.45, 7) is -1.10. The molecule has 1 heterocycles. The maximum absolute atomic E-state index is 13.8. The Labute approximate surface area is 222 Å². The van der Waals surface area contributed by atoms with E-state index < -0.39 is 41.7 Å². The van der Waals surface area contributed by atoms with Gasteiger partial charge in [-0.15, -0.1) is 0 Å². The van der Waals surface area contributed by atoms with Gasteiger partial charge in [-0.1, -0.05) is 41.9 Å². The fraction of sp³-hybridized carbons (Fsp3) is 0.222. The van der Waals surface area contributed by atoms with Crippen LogP contribution in [0.5, 0.6) is 0 Å². The monoisotopic (exact) mass is 546 g/mol. The van der Waals surface area contributed by atoms with Gasteiger partial charge in [-0.05, 0) is 41.0 Å². The molecule has 1 aliphatic heterocycles. The second kappa shape index (κ2) is 10.5. The van der Waals surface area contributed by atoms with E-state index in [4.69, 9.17) is 16.4 Å². The number of rotatable bonds is 5. The number of hydroxylamine groups is 2. The Morgan fingerprint density at radius 1 is 0.974 bits per heavy atom. The number of hydrogen-bond acceptors (Lipinski definition) is 5. The van der Waals surface area contributed by atoms with Crippen LogP contribution in [0.4, 0.5) is 24.5 Å². The van der Waals surface area contributed by atoms with E-state index in [0.29, 0.717) is 16.1 Å². The van der Waals surface area contributed by atoms with Crippen LogP contribution >= 0.6 is 11.6 Å². The fourth-order valence-corrected chi connectivity index (χ4v) is 4.37. The zero-order valence-corrected chi connectivity index (χ0v) is 21.3. The molecule has 0 aliphatic carbocycles. The van der Waals surface area contributed by atoms with E-state index in [1.54, 1.807) is 36.4 Å². The van der Waals surface area contributed by atoms with E-state index in [1.165, 1.54) is 41.3 Å². The number of quaternary nitrogens is 1. The molecule has 1 aliphatic rings. The summed E-state index contributed by atoms with van der Waals surface area (Å²) in [5.41, 5.74) is 1.92. The lowest BCUT2D eigenvalue weighted by molar-refractivity contribution is -0.235. The molecule has 0 saturated carbocycles. The maximum Gasteiger partial charge on any atom is 0.497 e. The van der Waals surface area contributed by atoms with Gasteiger partial charge >= 0.3 is 18.1 Å². The van der Waals surface area contributed by atoms with Crippen LogP contribution in [0.2, 0.25) is 5.02 Å². The Balaban J connectivity index is 1.82. The van der Waals surface area contributed by atoms with Crippen LogP contribution < -0.4 is 9.55 Å². The standard InChI is InChI=1S/C27H24ClF3N3O4/c1-32(2)22-13-7-18(8-14-22)17-34(38-26(37)27(29,30)31)23-6-4-3-5-20(23)15-33(16-24(34)35)25(36)19-9-11-21(28)12-10-19/h3-14H,15-17H2,1-2H3/q+1. The molecule has 4 rings (SSSR count). The summed E-state index contributed by atoms with van der Waals surface area (Å²) in [6, 6.07) is 19.0. The van der Waals surface area contributed by atoms with E-state index in [9.17, 15) is 27.6 Å². The average molecular weight is 547 g/mol. The summed E-state index contributed by atoms with van der Waals surface area (Å²) in [6.07, 6.45) is -5.35. The highest BCUT2D eigenvalue weighted by atomic mass is 35.5. The third-order valence-electron chi connectivity index (χ3n) is 6.18. The van der Waals surface area contributed by atoms with Gasteiger partial charge in [-0.25, -0.2) is 9.59 Å². The first-order valence-electron chi connectivity index (χ1n) is 11.5. The van der Waals surface area contributed by atoms with E-state index >= 15 is 0 Å². The van der Waals surface area contributed by atoms with Crippen molar-refractivity contribution in [3.63, 3.8) is 0 Å². The van der Waals surface area contributed by atoms with Crippen molar-refractivity contribution in [1.29, 1.82) is 0 Å². The highest BCUT2D eigenvalue weighted by Crippen LogP contribution is 2.37. The van der Waals surface area contributed by atoms with Crippen LogP contribution in [-0.4, -0.2) is 49.5 Å². The number of anilines is 1. The molecule has 0 saturated heterocycles. The van der Waals surface area contributed by atoms with Crippen molar-refractivity contribution in [3.05, 3.63) is 94.5 Å². The van der Waals surface area contributed by atoms with Crippen molar-refractivity contribution in [2.45, 2.75) is 19.3 Å². The van der Waals surface area contributed by atoms with Gasteiger partial charge in [0.25, 0.3) is 5.91 Å². The van der Waals surface area contributed by atoms with Crippen molar-refractivity contribution in [2.24, 2.45) is 0 Å². The van der Waals surface area contributed by atoms with Crippen LogP contribution in [0, 0.1) is 0 Å². The summed E-state index contributed by atoms with van der Waals surface area (Å²) >= 11 is 5.92. The molecule has 38 heavy (non-hydrogen) atoms. The lowest BCUT2D eigenvalue weighted by Crippen LogP contribution is -2.58. The van der Waals surface area contributed by atoms with E-state index in [0.717, 1.165) is 5.69 Å². The van der Waals surface area contributed by atoms with Crippen molar-refractivity contribution < 1.29 is 32.4 Å². The quantitative estimate of drug-likeness (QED) is 0.416. The molecule has 0 bridgehead atoms. The van der Waals surface area contributed by atoms with Crippen LogP contribution in [0.25, 0.3) is 0 Å². The lowest BCUT2D eigenvalue weighted by atomic mass is 10.1. The summed E-state index contributed by atoms with van der Waals surface area (Å²) in [5.74, 6) is -3.95. The zero-order valence-electron chi connectivity index (χ0n) is 20.5. The number of halogens is 4. The third-order valence-corrected chi connectivity index (χ3v) is 6.43. The Morgan fingerprint density at radius 2 is 1.61 bits per heavy atom. The summed E-state index contributed by atoms with van der Waals surface area (Å²) in [5, 5.41) is 0.411. The van der Waals surface area contributed by atoms with Crippen LogP contribution in [0.15, 0.2) is 72.8 Å². The minimum absolute atomic E-state index is 0.0400. The van der Waals surface area contributed by atoms with Crippen molar-refractivity contribution in [1.82, 2.24) is 9.55 Å². The smallest absolute Gasteiger partial charge is 0.378 e. The predicted molar refractivity (Wildman–Crippen MR) is 136 cm³/mol. The number of carbonyl (C=O) groups excluding carboxylic acids is 3. The number of benzene rings is 3. The highest BCUT2D eigenvalue weighted by molar-refractivity contribution is 6.30. The van der Waals surface area contributed by atoms with Gasteiger partial charge in [0.15, 0.2) is 12.2 Å². The van der Waals surface area contributed by atoms with Gasteiger partial charge in [0.05, 0.1) is 6.54 Å². The first-order chi connectivity index (χ1) is 17.9. The second-order valence-electron chi connectivity index (χ2n) is 9.03. The number of fused-ring (bicyclic) bond motifs is 1. The number of hydrogen-bond donors (Lipinski definition) is 0. The van der Waals surface area contributed by atoms with E-state index in [-0.39, 0.29) is 17.8 Å². The van der Waals surface area contributed by atoms with Crippen LogP contribution in [-0.2, 0) is 27.5 Å². The summed E-state index contributed by atoms with van der Waals surface area (Å²) < 4.78 is 38.9. The summed E-state index contributed by atoms with van der Waals surface area (Å²) in [7, 11) is 3.66. The Kier molecular flexibility index (Phi) is 7.48. The minimum Gasteiger partial charge on any atom is -0.378 e. The lowest BCUT2D eigenvalue weighted by Gasteiger charge is -2.31. The molecule has 3 aromatic rings. The number of para-hydroxylation sites is 1. The van der Waals surface area contributed by atoms with Gasteiger partial charge in [0, 0.05) is 47.6 Å². The molecule has 1 atom stereocenters. The largest absolute Gasteiger partial charge is 0.497 e. The van der Waals surface area contributed by atoms with Crippen LogP contribution in [0.1, 0.15) is 21.5 Å². The van der Waals surface area contributed by atoms with Crippen molar-refractivity contribution >= 4 is 40.8 Å². The molecule has 11 heteroatoms. The van der Waals surface area contributed by atoms with E-state index in [1.807, 2.05) is 19.0 Å². The predicted octanol–water partition coefficient (Wildman–Crippen LogP) is 5.12. The zero-order chi connectivity index (χ0) is 27.7. The SMILES string of the molecule is CN(C)c1ccc(C[N+]2(OC(=O)C(F)(F)F)C(=O)CN(C(=O)c3ccc(Cl)cc3)Cc3ccccc32)cc1. The molecule has 0 spiro atoms.